The summed E-state index contributed by atoms with van der Waals surface area (Å²) < 4.78 is 2.48. The zero-order chi connectivity index (χ0) is 9.26. The van der Waals surface area contributed by atoms with E-state index in [2.05, 4.69) is 35.9 Å². The summed E-state index contributed by atoms with van der Waals surface area (Å²) >= 11 is 0. The minimum absolute atomic E-state index is 0.578. The van der Waals surface area contributed by atoms with Gasteiger partial charge >= 0.3 is 0 Å². The second-order valence-corrected chi connectivity index (χ2v) is 3.67. The molecule has 0 radical (unpaired) electrons. The van der Waals surface area contributed by atoms with Crippen molar-refractivity contribution in [3.05, 3.63) is 23.5 Å². The van der Waals surface area contributed by atoms with Gasteiger partial charge in [-0.1, -0.05) is 13.8 Å². The predicted octanol–water partition coefficient (Wildman–Crippen LogP) is 2.10. The molecule has 1 aliphatic rings. The number of hydrogen-bond donors (Lipinski definition) is 1. The van der Waals surface area contributed by atoms with Gasteiger partial charge < -0.3 is 9.88 Å². The highest BCUT2D eigenvalue weighted by Crippen LogP contribution is 2.23. The molecule has 0 saturated heterocycles. The molecule has 0 amide bonds. The van der Waals surface area contributed by atoms with Crippen LogP contribution in [0.4, 0.5) is 0 Å². The van der Waals surface area contributed by atoms with Crippen LogP contribution in [0.25, 0.3) is 0 Å². The van der Waals surface area contributed by atoms with Crippen molar-refractivity contribution in [2.75, 3.05) is 6.54 Å². The number of nitrogens with zero attached hydrogens (tertiary/aromatic N) is 1. The minimum Gasteiger partial charge on any atom is -0.346 e. The van der Waals surface area contributed by atoms with Crippen molar-refractivity contribution in [1.29, 1.82) is 0 Å². The fourth-order valence-electron chi connectivity index (χ4n) is 2.22. The third-order valence-corrected chi connectivity index (χ3v) is 2.96. The molecular weight excluding hydrogens is 160 g/mol. The Balaban J connectivity index is 2.36. The topological polar surface area (TPSA) is 17.0 Å². The van der Waals surface area contributed by atoms with Gasteiger partial charge in [-0.25, -0.2) is 0 Å². The Morgan fingerprint density at radius 2 is 2.31 bits per heavy atom. The van der Waals surface area contributed by atoms with Crippen molar-refractivity contribution >= 4 is 0 Å². The molecule has 0 aliphatic carbocycles. The van der Waals surface area contributed by atoms with Gasteiger partial charge in [-0.05, 0) is 25.0 Å². The second kappa shape index (κ2) is 3.54. The van der Waals surface area contributed by atoms with E-state index in [0.717, 1.165) is 19.5 Å². The Morgan fingerprint density at radius 1 is 1.46 bits per heavy atom. The molecule has 0 fully saturated rings. The van der Waals surface area contributed by atoms with Gasteiger partial charge in [-0.2, -0.15) is 0 Å². The van der Waals surface area contributed by atoms with Gasteiger partial charge in [0.05, 0.1) is 0 Å². The van der Waals surface area contributed by atoms with Gasteiger partial charge in [0, 0.05) is 30.5 Å². The van der Waals surface area contributed by atoms with E-state index >= 15 is 0 Å². The lowest BCUT2D eigenvalue weighted by Crippen LogP contribution is -2.33. The van der Waals surface area contributed by atoms with Crippen LogP contribution >= 0.6 is 0 Å². The molecule has 1 aromatic heterocycles. The lowest BCUT2D eigenvalue weighted by molar-refractivity contribution is 0.411. The van der Waals surface area contributed by atoms with Crippen LogP contribution in [0.5, 0.6) is 0 Å². The Hall–Kier alpha value is -0.760. The Morgan fingerprint density at radius 3 is 3.00 bits per heavy atom. The molecule has 2 heterocycles. The summed E-state index contributed by atoms with van der Waals surface area (Å²) in [4.78, 5) is 0. The molecule has 1 aromatic rings. The first-order chi connectivity index (χ1) is 6.36. The van der Waals surface area contributed by atoms with Crippen molar-refractivity contribution in [2.45, 2.75) is 39.3 Å². The van der Waals surface area contributed by atoms with Crippen LogP contribution in [0.2, 0.25) is 0 Å². The summed E-state index contributed by atoms with van der Waals surface area (Å²) in [7, 11) is 0. The predicted molar refractivity (Wildman–Crippen MR) is 54.8 cm³/mol. The van der Waals surface area contributed by atoms with E-state index in [1.165, 1.54) is 17.8 Å². The van der Waals surface area contributed by atoms with Crippen molar-refractivity contribution in [3.8, 4) is 0 Å². The van der Waals surface area contributed by atoms with Crippen LogP contribution in [0.3, 0.4) is 0 Å². The summed E-state index contributed by atoms with van der Waals surface area (Å²) in [5, 5.41) is 3.54. The average molecular weight is 178 g/mol. The van der Waals surface area contributed by atoms with Crippen LogP contribution in [0.15, 0.2) is 12.1 Å². The molecule has 13 heavy (non-hydrogen) atoms. The number of hydrogen-bond acceptors (Lipinski definition) is 1. The maximum Gasteiger partial charge on any atom is 0.0472 e. The molecule has 2 rings (SSSR count). The van der Waals surface area contributed by atoms with E-state index in [-0.39, 0.29) is 0 Å². The molecule has 0 aromatic carbocycles. The molecule has 1 N–H and O–H groups in total. The van der Waals surface area contributed by atoms with Crippen molar-refractivity contribution in [2.24, 2.45) is 0 Å². The van der Waals surface area contributed by atoms with Crippen molar-refractivity contribution in [3.63, 3.8) is 0 Å². The van der Waals surface area contributed by atoms with Crippen LogP contribution in [0, 0.1) is 0 Å². The Kier molecular flexibility index (Phi) is 2.40. The minimum atomic E-state index is 0.578. The summed E-state index contributed by atoms with van der Waals surface area (Å²) in [6.07, 6.45) is 2.34. The molecule has 1 aliphatic heterocycles. The molecule has 1 atom stereocenters. The van der Waals surface area contributed by atoms with Gasteiger partial charge in [0.15, 0.2) is 0 Å². The normalized spacial score (nSPS) is 21.5. The van der Waals surface area contributed by atoms with E-state index in [1.54, 1.807) is 0 Å². The second-order valence-electron chi connectivity index (χ2n) is 3.67. The molecule has 0 saturated carbocycles. The van der Waals surface area contributed by atoms with E-state index in [4.69, 9.17) is 0 Å². The zero-order valence-electron chi connectivity index (χ0n) is 8.51. The van der Waals surface area contributed by atoms with Gasteiger partial charge in [0.2, 0.25) is 0 Å². The number of nitrogens with one attached hydrogen (secondary N) is 1. The van der Waals surface area contributed by atoms with Gasteiger partial charge in [-0.15, -0.1) is 0 Å². The van der Waals surface area contributed by atoms with E-state index in [0.29, 0.717) is 6.04 Å². The summed E-state index contributed by atoms with van der Waals surface area (Å²) in [6, 6.07) is 5.12. The highest BCUT2D eigenvalue weighted by Gasteiger charge is 2.18. The summed E-state index contributed by atoms with van der Waals surface area (Å²) in [6.45, 7) is 6.73. The molecule has 1 unspecified atom stereocenters. The molecular formula is C11H18N2. The summed E-state index contributed by atoms with van der Waals surface area (Å²) in [5.74, 6) is 0. The van der Waals surface area contributed by atoms with Crippen LogP contribution < -0.4 is 5.32 Å². The van der Waals surface area contributed by atoms with E-state index < -0.39 is 0 Å². The van der Waals surface area contributed by atoms with Crippen molar-refractivity contribution in [1.82, 2.24) is 9.88 Å². The standard InChI is InChI=1S/C11H18N2/c1-3-9-5-6-11-10(4-2)12-7-8-13(9)11/h5-6,10,12H,3-4,7-8H2,1-2H3. The van der Waals surface area contributed by atoms with E-state index in [9.17, 15) is 0 Å². The first-order valence-electron chi connectivity index (χ1n) is 5.28. The zero-order valence-corrected chi connectivity index (χ0v) is 8.51. The van der Waals surface area contributed by atoms with Crippen LogP contribution in [-0.4, -0.2) is 11.1 Å². The number of aryl methyl sites for hydroxylation is 1. The maximum absolute atomic E-state index is 3.54. The quantitative estimate of drug-likeness (QED) is 0.734. The summed E-state index contributed by atoms with van der Waals surface area (Å²) in [5.41, 5.74) is 2.96. The molecule has 0 bridgehead atoms. The van der Waals surface area contributed by atoms with Crippen LogP contribution in [-0.2, 0) is 13.0 Å². The fourth-order valence-corrected chi connectivity index (χ4v) is 2.22. The third-order valence-electron chi connectivity index (χ3n) is 2.96. The van der Waals surface area contributed by atoms with Gasteiger partial charge in [0.1, 0.15) is 0 Å². The van der Waals surface area contributed by atoms with Gasteiger partial charge in [0.25, 0.3) is 0 Å². The third kappa shape index (κ3) is 1.39. The first kappa shape index (κ1) is 8.82. The SMILES string of the molecule is CCc1ccc2n1CCNC2CC. The molecule has 72 valence electrons. The smallest absolute Gasteiger partial charge is 0.0472 e. The average Bonchev–Trinajstić information content (AvgIpc) is 2.60. The fraction of sp³-hybridized carbons (Fsp3) is 0.636. The molecule has 2 heteroatoms. The number of rotatable bonds is 2. The lowest BCUT2D eigenvalue weighted by atomic mass is 10.1. The largest absolute Gasteiger partial charge is 0.346 e. The highest BCUT2D eigenvalue weighted by molar-refractivity contribution is 5.21. The van der Waals surface area contributed by atoms with Crippen molar-refractivity contribution < 1.29 is 0 Å². The highest BCUT2D eigenvalue weighted by atomic mass is 15.1. The van der Waals surface area contributed by atoms with Gasteiger partial charge in [-0.3, -0.25) is 0 Å². The maximum atomic E-state index is 3.54. The Bertz CT molecular complexity index is 288. The monoisotopic (exact) mass is 178 g/mol. The molecule has 2 nitrogen and oxygen atoms in total. The number of fused-ring (bicyclic) bond motifs is 1. The molecule has 0 spiro atoms. The number of aromatic nitrogens is 1. The van der Waals surface area contributed by atoms with E-state index in [1.807, 2.05) is 0 Å². The lowest BCUT2D eigenvalue weighted by Gasteiger charge is -2.26. The van der Waals surface area contributed by atoms with Crippen LogP contribution in [0.1, 0.15) is 37.7 Å². The first-order valence-corrected chi connectivity index (χ1v) is 5.28. The Labute approximate surface area is 79.9 Å².